The number of likely N-dealkylation sites (N-methyl/N-ethyl adjacent to an activating group) is 1. The molecule has 25 heavy (non-hydrogen) atoms. The molecular formula is C19H31N3O3. The number of hydrogen-bond acceptors (Lipinski definition) is 5. The highest BCUT2D eigenvalue weighted by molar-refractivity contribution is 5.78. The summed E-state index contributed by atoms with van der Waals surface area (Å²) in [6.07, 6.45) is 0. The molecule has 6 nitrogen and oxygen atoms in total. The van der Waals surface area contributed by atoms with Gasteiger partial charge < -0.3 is 14.4 Å². The Morgan fingerprint density at radius 1 is 1.04 bits per heavy atom. The Kier molecular flexibility index (Phi) is 8.01. The summed E-state index contributed by atoms with van der Waals surface area (Å²) in [7, 11) is 1.66. The standard InChI is InChI=1S/C19H31N3O3/c1-4-20(5-2)16-19(23)22-12-10-21(11-13-22)14-15-25-18-8-6-17(24-3)7-9-18/h6-9H,4-5,10-16H2,1-3H3. The van der Waals surface area contributed by atoms with E-state index in [1.165, 1.54) is 0 Å². The van der Waals surface area contributed by atoms with E-state index in [1.807, 2.05) is 29.2 Å². The van der Waals surface area contributed by atoms with Gasteiger partial charge in [-0.3, -0.25) is 14.6 Å². The number of piperazine rings is 1. The van der Waals surface area contributed by atoms with Gasteiger partial charge in [-0.15, -0.1) is 0 Å². The maximum atomic E-state index is 12.3. The third kappa shape index (κ3) is 6.21. The second-order valence-electron chi connectivity index (χ2n) is 6.21. The molecule has 1 amide bonds. The van der Waals surface area contributed by atoms with Crippen LogP contribution in [0.5, 0.6) is 11.5 Å². The van der Waals surface area contributed by atoms with Crippen LogP contribution in [0.4, 0.5) is 0 Å². The highest BCUT2D eigenvalue weighted by Gasteiger charge is 2.21. The van der Waals surface area contributed by atoms with Crippen LogP contribution in [0.1, 0.15) is 13.8 Å². The minimum Gasteiger partial charge on any atom is -0.497 e. The van der Waals surface area contributed by atoms with Crippen molar-refractivity contribution in [1.29, 1.82) is 0 Å². The van der Waals surface area contributed by atoms with E-state index in [-0.39, 0.29) is 5.91 Å². The lowest BCUT2D eigenvalue weighted by atomic mass is 10.3. The summed E-state index contributed by atoms with van der Waals surface area (Å²) in [5.74, 6) is 1.93. The smallest absolute Gasteiger partial charge is 0.236 e. The molecule has 0 unspecified atom stereocenters. The number of benzene rings is 1. The molecule has 0 aromatic heterocycles. The summed E-state index contributed by atoms with van der Waals surface area (Å²) in [5, 5.41) is 0. The molecule has 0 aliphatic carbocycles. The fourth-order valence-corrected chi connectivity index (χ4v) is 2.92. The molecule has 0 bridgehead atoms. The van der Waals surface area contributed by atoms with Crippen molar-refractivity contribution in [2.45, 2.75) is 13.8 Å². The molecule has 1 fully saturated rings. The van der Waals surface area contributed by atoms with E-state index in [0.717, 1.165) is 57.3 Å². The lowest BCUT2D eigenvalue weighted by Gasteiger charge is -2.35. The molecule has 2 rings (SSSR count). The molecule has 1 heterocycles. The first-order valence-electron chi connectivity index (χ1n) is 9.15. The fourth-order valence-electron chi connectivity index (χ4n) is 2.92. The van der Waals surface area contributed by atoms with Crippen LogP contribution in [-0.2, 0) is 4.79 Å². The molecule has 0 radical (unpaired) electrons. The summed E-state index contributed by atoms with van der Waals surface area (Å²) in [6, 6.07) is 7.64. The molecule has 140 valence electrons. The van der Waals surface area contributed by atoms with Crippen LogP contribution in [0.25, 0.3) is 0 Å². The van der Waals surface area contributed by atoms with Gasteiger partial charge >= 0.3 is 0 Å². The monoisotopic (exact) mass is 349 g/mol. The number of methoxy groups -OCH3 is 1. The maximum absolute atomic E-state index is 12.3. The second kappa shape index (κ2) is 10.3. The number of carbonyl (C=O) groups is 1. The molecule has 0 spiro atoms. The van der Waals surface area contributed by atoms with Crippen molar-refractivity contribution in [2.24, 2.45) is 0 Å². The highest BCUT2D eigenvalue weighted by atomic mass is 16.5. The lowest BCUT2D eigenvalue weighted by molar-refractivity contribution is -0.134. The van der Waals surface area contributed by atoms with E-state index >= 15 is 0 Å². The first kappa shape index (κ1) is 19.5. The average Bonchev–Trinajstić information content (AvgIpc) is 2.67. The van der Waals surface area contributed by atoms with Crippen LogP contribution in [0.3, 0.4) is 0 Å². The second-order valence-corrected chi connectivity index (χ2v) is 6.21. The Labute approximate surface area is 151 Å². The Morgan fingerprint density at radius 2 is 1.64 bits per heavy atom. The van der Waals surface area contributed by atoms with Gasteiger partial charge in [-0.25, -0.2) is 0 Å². The largest absolute Gasteiger partial charge is 0.497 e. The molecule has 1 aromatic rings. The van der Waals surface area contributed by atoms with Gasteiger partial charge in [-0.05, 0) is 37.4 Å². The van der Waals surface area contributed by atoms with E-state index in [4.69, 9.17) is 9.47 Å². The van der Waals surface area contributed by atoms with Crippen LogP contribution < -0.4 is 9.47 Å². The molecular weight excluding hydrogens is 318 g/mol. The SMILES string of the molecule is CCN(CC)CC(=O)N1CCN(CCOc2ccc(OC)cc2)CC1. The van der Waals surface area contributed by atoms with Crippen LogP contribution >= 0.6 is 0 Å². The quantitative estimate of drug-likeness (QED) is 0.677. The van der Waals surface area contributed by atoms with Crippen molar-refractivity contribution >= 4 is 5.91 Å². The minimum absolute atomic E-state index is 0.248. The van der Waals surface area contributed by atoms with Gasteiger partial charge in [0.2, 0.25) is 5.91 Å². The first-order chi connectivity index (χ1) is 12.2. The predicted octanol–water partition coefficient (Wildman–Crippen LogP) is 1.56. The maximum Gasteiger partial charge on any atom is 0.236 e. The van der Waals surface area contributed by atoms with Gasteiger partial charge in [0.15, 0.2) is 0 Å². The van der Waals surface area contributed by atoms with Crippen molar-refractivity contribution in [2.75, 3.05) is 66.1 Å². The van der Waals surface area contributed by atoms with E-state index in [9.17, 15) is 4.79 Å². The lowest BCUT2D eigenvalue weighted by Crippen LogP contribution is -2.51. The summed E-state index contributed by atoms with van der Waals surface area (Å²) in [5.41, 5.74) is 0. The summed E-state index contributed by atoms with van der Waals surface area (Å²) in [4.78, 5) is 18.8. The highest BCUT2D eigenvalue weighted by Crippen LogP contribution is 2.17. The Morgan fingerprint density at radius 3 is 2.20 bits per heavy atom. The van der Waals surface area contributed by atoms with Crippen LogP contribution in [0.2, 0.25) is 0 Å². The summed E-state index contributed by atoms with van der Waals surface area (Å²) >= 11 is 0. The number of amides is 1. The molecule has 0 N–H and O–H groups in total. The topological polar surface area (TPSA) is 45.3 Å². The molecule has 1 saturated heterocycles. The van der Waals surface area contributed by atoms with Crippen LogP contribution in [-0.4, -0.2) is 86.7 Å². The van der Waals surface area contributed by atoms with Crippen LogP contribution in [0, 0.1) is 0 Å². The molecule has 1 aliphatic heterocycles. The van der Waals surface area contributed by atoms with Gasteiger partial charge in [0.1, 0.15) is 18.1 Å². The van der Waals surface area contributed by atoms with E-state index in [1.54, 1.807) is 7.11 Å². The van der Waals surface area contributed by atoms with Gasteiger partial charge in [0, 0.05) is 32.7 Å². The zero-order valence-electron chi connectivity index (χ0n) is 15.7. The average molecular weight is 349 g/mol. The number of ether oxygens (including phenoxy) is 2. The molecule has 6 heteroatoms. The fraction of sp³-hybridized carbons (Fsp3) is 0.632. The molecule has 1 aromatic carbocycles. The van der Waals surface area contributed by atoms with E-state index < -0.39 is 0 Å². The Bertz CT molecular complexity index is 509. The first-order valence-corrected chi connectivity index (χ1v) is 9.15. The van der Waals surface area contributed by atoms with Gasteiger partial charge in [-0.2, -0.15) is 0 Å². The van der Waals surface area contributed by atoms with Crippen LogP contribution in [0.15, 0.2) is 24.3 Å². The van der Waals surface area contributed by atoms with Gasteiger partial charge in [0.05, 0.1) is 13.7 Å². The van der Waals surface area contributed by atoms with E-state index in [0.29, 0.717) is 13.2 Å². The third-order valence-corrected chi connectivity index (χ3v) is 4.71. The Balaban J connectivity index is 1.65. The summed E-state index contributed by atoms with van der Waals surface area (Å²) in [6.45, 7) is 11.5. The van der Waals surface area contributed by atoms with E-state index in [2.05, 4.69) is 23.6 Å². The normalized spacial score (nSPS) is 15.4. The minimum atomic E-state index is 0.248. The van der Waals surface area contributed by atoms with Crippen molar-refractivity contribution < 1.29 is 14.3 Å². The van der Waals surface area contributed by atoms with Crippen molar-refractivity contribution in [3.63, 3.8) is 0 Å². The van der Waals surface area contributed by atoms with Crippen molar-refractivity contribution in [3.8, 4) is 11.5 Å². The molecule has 1 aliphatic rings. The molecule has 0 atom stereocenters. The number of hydrogen-bond donors (Lipinski definition) is 0. The van der Waals surface area contributed by atoms with Gasteiger partial charge in [0.25, 0.3) is 0 Å². The third-order valence-electron chi connectivity index (χ3n) is 4.71. The predicted molar refractivity (Wildman–Crippen MR) is 99.3 cm³/mol. The number of carbonyl (C=O) groups excluding carboxylic acids is 1. The zero-order chi connectivity index (χ0) is 18.1. The Hall–Kier alpha value is -1.79. The van der Waals surface area contributed by atoms with Crippen molar-refractivity contribution in [3.05, 3.63) is 24.3 Å². The molecule has 0 saturated carbocycles. The number of nitrogens with zero attached hydrogens (tertiary/aromatic N) is 3. The zero-order valence-corrected chi connectivity index (χ0v) is 15.7. The van der Waals surface area contributed by atoms with Gasteiger partial charge in [-0.1, -0.05) is 13.8 Å². The number of rotatable bonds is 9. The van der Waals surface area contributed by atoms with Crippen molar-refractivity contribution in [1.82, 2.24) is 14.7 Å². The summed E-state index contributed by atoms with van der Waals surface area (Å²) < 4.78 is 10.9.